The average Bonchev–Trinajstić information content (AvgIpc) is 2.74. The number of nitrogens with zero attached hydrogens (tertiary/aromatic N) is 1. The molecule has 0 aliphatic rings. The monoisotopic (exact) mass is 313 g/mol. The Balaban J connectivity index is 2.77. The zero-order valence-corrected chi connectivity index (χ0v) is 13.9. The van der Waals surface area contributed by atoms with E-state index in [-0.39, 0.29) is 6.04 Å². The quantitative estimate of drug-likeness (QED) is 0.753. The van der Waals surface area contributed by atoms with Gasteiger partial charge >= 0.3 is 12.0 Å². The van der Waals surface area contributed by atoms with Gasteiger partial charge in [0.1, 0.15) is 5.54 Å². The summed E-state index contributed by atoms with van der Waals surface area (Å²) in [7, 11) is 0. The molecule has 0 aromatic carbocycles. The third-order valence-electron chi connectivity index (χ3n) is 3.65. The van der Waals surface area contributed by atoms with E-state index in [1.165, 1.54) is 11.3 Å². The molecule has 21 heavy (non-hydrogen) atoms. The van der Waals surface area contributed by atoms with Gasteiger partial charge in [-0.25, -0.2) is 14.6 Å². The van der Waals surface area contributed by atoms with Crippen LogP contribution in [0, 0.1) is 13.8 Å². The molecule has 1 atom stereocenters. The van der Waals surface area contributed by atoms with Crippen LogP contribution in [0.15, 0.2) is 0 Å². The lowest BCUT2D eigenvalue weighted by molar-refractivity contribution is -0.144. The van der Waals surface area contributed by atoms with Gasteiger partial charge < -0.3 is 15.7 Å². The van der Waals surface area contributed by atoms with Crippen LogP contribution >= 0.6 is 11.3 Å². The van der Waals surface area contributed by atoms with Crippen molar-refractivity contribution in [2.75, 3.05) is 0 Å². The Labute approximate surface area is 129 Å². The van der Waals surface area contributed by atoms with Gasteiger partial charge in [-0.15, -0.1) is 11.3 Å². The molecule has 0 aliphatic heterocycles. The first kappa shape index (κ1) is 17.4. The third-order valence-corrected chi connectivity index (χ3v) is 4.91. The summed E-state index contributed by atoms with van der Waals surface area (Å²) in [6.45, 7) is 9.17. The van der Waals surface area contributed by atoms with E-state index in [1.54, 1.807) is 13.8 Å². The van der Waals surface area contributed by atoms with Gasteiger partial charge in [-0.3, -0.25) is 0 Å². The number of aryl methyl sites for hydroxylation is 2. The van der Waals surface area contributed by atoms with Crippen molar-refractivity contribution in [2.45, 2.75) is 59.0 Å². The van der Waals surface area contributed by atoms with E-state index in [0.29, 0.717) is 12.8 Å². The fraction of sp³-hybridized carbons (Fsp3) is 0.643. The number of hydrogen-bond acceptors (Lipinski definition) is 4. The average molecular weight is 313 g/mol. The van der Waals surface area contributed by atoms with Crippen LogP contribution in [0.3, 0.4) is 0 Å². The minimum absolute atomic E-state index is 0.212. The van der Waals surface area contributed by atoms with Gasteiger partial charge in [0.25, 0.3) is 0 Å². The first-order chi connectivity index (χ1) is 9.75. The Morgan fingerprint density at radius 3 is 2.29 bits per heavy atom. The molecule has 0 aliphatic carbocycles. The fourth-order valence-corrected chi connectivity index (χ4v) is 3.18. The van der Waals surface area contributed by atoms with Crippen molar-refractivity contribution in [1.82, 2.24) is 15.6 Å². The normalized spacial score (nSPS) is 12.8. The van der Waals surface area contributed by atoms with Crippen LogP contribution in [-0.4, -0.2) is 27.6 Å². The highest BCUT2D eigenvalue weighted by Crippen LogP contribution is 2.24. The predicted octanol–water partition coefficient (Wildman–Crippen LogP) is 2.76. The molecule has 7 heteroatoms. The largest absolute Gasteiger partial charge is 0.480 e. The fourth-order valence-electron chi connectivity index (χ4n) is 2.25. The van der Waals surface area contributed by atoms with Crippen LogP contribution in [-0.2, 0) is 4.79 Å². The Morgan fingerprint density at radius 2 is 1.90 bits per heavy atom. The maximum atomic E-state index is 12.1. The van der Waals surface area contributed by atoms with Crippen molar-refractivity contribution in [1.29, 1.82) is 0 Å². The van der Waals surface area contributed by atoms with Crippen LogP contribution in [0.2, 0.25) is 0 Å². The van der Waals surface area contributed by atoms with Crippen molar-refractivity contribution in [3.05, 3.63) is 15.6 Å². The highest BCUT2D eigenvalue weighted by Gasteiger charge is 2.36. The van der Waals surface area contributed by atoms with Crippen LogP contribution in [0.5, 0.6) is 0 Å². The van der Waals surface area contributed by atoms with Crippen LogP contribution < -0.4 is 10.6 Å². The van der Waals surface area contributed by atoms with Crippen LogP contribution in [0.25, 0.3) is 0 Å². The third kappa shape index (κ3) is 3.93. The van der Waals surface area contributed by atoms with Crippen molar-refractivity contribution >= 4 is 23.3 Å². The summed E-state index contributed by atoms with van der Waals surface area (Å²) in [5.41, 5.74) is -0.330. The SMILES string of the molecule is CCC(CC)(NC(=O)NC(C)c1sc(C)nc1C)C(=O)O. The molecule has 6 nitrogen and oxygen atoms in total. The number of nitrogens with one attached hydrogen (secondary N) is 2. The molecule has 1 aromatic heterocycles. The standard InChI is InChI=1S/C14H23N3O3S/c1-6-14(7-2,12(18)19)17-13(20)16-9(4)11-8(3)15-10(5)21-11/h9H,6-7H2,1-5H3,(H,18,19)(H2,16,17,20). The number of carbonyl (C=O) groups excluding carboxylic acids is 1. The predicted molar refractivity (Wildman–Crippen MR) is 82.6 cm³/mol. The van der Waals surface area contributed by atoms with Gasteiger partial charge in [0.15, 0.2) is 0 Å². The first-order valence-electron chi connectivity index (χ1n) is 7.01. The molecule has 3 N–H and O–H groups in total. The van der Waals surface area contributed by atoms with Crippen LogP contribution in [0.1, 0.15) is 55.2 Å². The van der Waals surface area contributed by atoms with E-state index >= 15 is 0 Å². The summed E-state index contributed by atoms with van der Waals surface area (Å²) >= 11 is 1.53. The smallest absolute Gasteiger partial charge is 0.329 e. The highest BCUT2D eigenvalue weighted by atomic mass is 32.1. The van der Waals surface area contributed by atoms with E-state index in [4.69, 9.17) is 0 Å². The second kappa shape index (κ2) is 6.89. The minimum atomic E-state index is -1.22. The Kier molecular flexibility index (Phi) is 5.71. The van der Waals surface area contributed by atoms with Crippen LogP contribution in [0.4, 0.5) is 4.79 Å². The number of carboxylic acid groups (broad SMARTS) is 1. The van der Waals surface area contributed by atoms with E-state index in [1.807, 2.05) is 20.8 Å². The Morgan fingerprint density at radius 1 is 1.33 bits per heavy atom. The van der Waals surface area contributed by atoms with E-state index in [0.717, 1.165) is 15.6 Å². The molecule has 0 radical (unpaired) electrons. The zero-order valence-electron chi connectivity index (χ0n) is 13.1. The molecular formula is C14H23N3O3S. The summed E-state index contributed by atoms with van der Waals surface area (Å²) in [6.07, 6.45) is 0.665. The maximum absolute atomic E-state index is 12.1. The van der Waals surface area contributed by atoms with Crippen molar-refractivity contribution < 1.29 is 14.7 Å². The number of hydrogen-bond donors (Lipinski definition) is 3. The Bertz CT molecular complexity index is 524. The topological polar surface area (TPSA) is 91.3 Å². The molecule has 1 aromatic rings. The van der Waals surface area contributed by atoms with Gasteiger partial charge in [-0.05, 0) is 33.6 Å². The maximum Gasteiger partial charge on any atom is 0.329 e. The molecule has 0 saturated carbocycles. The molecule has 0 saturated heterocycles. The number of carboxylic acids is 1. The first-order valence-corrected chi connectivity index (χ1v) is 7.83. The van der Waals surface area contributed by atoms with Gasteiger partial charge in [0.05, 0.1) is 16.7 Å². The van der Waals surface area contributed by atoms with E-state index in [2.05, 4.69) is 15.6 Å². The second-order valence-corrected chi connectivity index (χ2v) is 6.33. The van der Waals surface area contributed by atoms with Gasteiger partial charge in [0.2, 0.25) is 0 Å². The molecule has 1 heterocycles. The summed E-state index contributed by atoms with van der Waals surface area (Å²) < 4.78 is 0. The van der Waals surface area contributed by atoms with Crippen molar-refractivity contribution in [3.63, 3.8) is 0 Å². The summed E-state index contributed by atoms with van der Waals surface area (Å²) in [5.74, 6) is -1.01. The van der Waals surface area contributed by atoms with Gasteiger partial charge in [0, 0.05) is 4.88 Å². The van der Waals surface area contributed by atoms with Crippen molar-refractivity contribution in [2.24, 2.45) is 0 Å². The van der Waals surface area contributed by atoms with E-state index < -0.39 is 17.5 Å². The van der Waals surface area contributed by atoms with Gasteiger partial charge in [-0.1, -0.05) is 13.8 Å². The molecule has 0 bridgehead atoms. The molecule has 0 fully saturated rings. The molecule has 2 amide bonds. The molecule has 118 valence electrons. The van der Waals surface area contributed by atoms with Gasteiger partial charge in [-0.2, -0.15) is 0 Å². The number of rotatable bonds is 6. The van der Waals surface area contributed by atoms with Crippen molar-refractivity contribution in [3.8, 4) is 0 Å². The molecule has 0 spiro atoms. The lowest BCUT2D eigenvalue weighted by atomic mass is 9.93. The number of carbonyl (C=O) groups is 2. The lowest BCUT2D eigenvalue weighted by Gasteiger charge is -2.28. The molecular weight excluding hydrogens is 290 g/mol. The number of aliphatic carboxylic acids is 1. The lowest BCUT2D eigenvalue weighted by Crippen LogP contribution is -2.56. The summed E-state index contributed by atoms with van der Waals surface area (Å²) in [5, 5.41) is 15.6. The number of aromatic nitrogens is 1. The zero-order chi connectivity index (χ0) is 16.2. The number of urea groups is 1. The summed E-state index contributed by atoms with van der Waals surface area (Å²) in [6, 6.07) is -0.685. The highest BCUT2D eigenvalue weighted by molar-refractivity contribution is 7.11. The number of amides is 2. The van der Waals surface area contributed by atoms with E-state index in [9.17, 15) is 14.7 Å². The second-order valence-electron chi connectivity index (χ2n) is 5.10. The molecule has 1 rings (SSSR count). The Hall–Kier alpha value is -1.63. The number of thiazole rings is 1. The summed E-state index contributed by atoms with van der Waals surface area (Å²) in [4.78, 5) is 28.8. The minimum Gasteiger partial charge on any atom is -0.480 e. The molecule has 1 unspecified atom stereocenters.